The lowest BCUT2D eigenvalue weighted by Crippen LogP contribution is -2.59. The molecule has 0 aromatic carbocycles. The van der Waals surface area contributed by atoms with E-state index in [0.29, 0.717) is 0 Å². The van der Waals surface area contributed by atoms with Crippen molar-refractivity contribution in [2.24, 2.45) is 0 Å². The lowest BCUT2D eigenvalue weighted by Gasteiger charge is -2.40. The Morgan fingerprint density at radius 2 is 1.72 bits per heavy atom. The Hall–Kier alpha value is -1.48. The van der Waals surface area contributed by atoms with Gasteiger partial charge in [-0.25, -0.2) is 0 Å². The second-order valence-corrected chi connectivity index (χ2v) is 9.35. The molecule has 2 rings (SSSR count). The van der Waals surface area contributed by atoms with Gasteiger partial charge in [0.05, 0.1) is 38.6 Å². The second kappa shape index (κ2) is 15.5. The third-order valence-corrected chi connectivity index (χ3v) is 6.24. The van der Waals surface area contributed by atoms with E-state index < -0.39 is 105 Å². The van der Waals surface area contributed by atoms with Gasteiger partial charge in [-0.2, -0.15) is 0 Å². The lowest BCUT2D eigenvalue weighted by atomic mass is 9.90. The highest BCUT2D eigenvalue weighted by atomic mass is 16.7. The average Bonchev–Trinajstić information content (AvgIpc) is 3.18. The van der Waals surface area contributed by atoms with Gasteiger partial charge in [0, 0.05) is 12.5 Å². The highest BCUT2D eigenvalue weighted by Crippen LogP contribution is 2.30. The van der Waals surface area contributed by atoms with Gasteiger partial charge in [-0.3, -0.25) is 0 Å². The first-order chi connectivity index (χ1) is 18.3. The van der Waals surface area contributed by atoms with Crippen LogP contribution in [0, 0.1) is 0 Å². The first-order valence-corrected chi connectivity index (χ1v) is 12.3. The molecule has 2 heterocycles. The molecule has 228 valence electrons. The van der Waals surface area contributed by atoms with Crippen LogP contribution in [0.25, 0.3) is 0 Å². The van der Waals surface area contributed by atoms with Crippen molar-refractivity contribution in [1.29, 1.82) is 0 Å². The maximum absolute atomic E-state index is 10.6. The molecule has 2 saturated heterocycles. The minimum absolute atomic E-state index is 0.0916. The molecule has 2 aliphatic heterocycles. The molecule has 16 heteroatoms. The summed E-state index contributed by atoms with van der Waals surface area (Å²) in [6, 6.07) is 0. The summed E-state index contributed by atoms with van der Waals surface area (Å²) in [5.74, 6) is -0.637. The standard InChI is InChI=1S/C23H40O16/c1-11(26)6-17(29)36-9-14-18(30)19(31)20(32)22(38-14)35-5-4-12(27)2-3-16(28)39-15(8-25)23(34)10-37-13(7-24)21(23)33/h2-3,6,11-16,18-22,24-34H,4-5,7-10H2,1H3/b3-2+,17-6+/t11-,12-,13+,14?,15-,16+,18-,19?,20?,21?,22-,23?/m0/s1. The molecule has 0 bridgehead atoms. The van der Waals surface area contributed by atoms with Crippen LogP contribution < -0.4 is 0 Å². The summed E-state index contributed by atoms with van der Waals surface area (Å²) >= 11 is 0. The highest BCUT2D eigenvalue weighted by molar-refractivity contribution is 5.03. The third kappa shape index (κ3) is 9.27. The summed E-state index contributed by atoms with van der Waals surface area (Å²) in [4.78, 5) is 0. The minimum Gasteiger partial charge on any atom is -0.481 e. The summed E-state index contributed by atoms with van der Waals surface area (Å²) in [6.07, 6.45) is -12.7. The van der Waals surface area contributed by atoms with Crippen LogP contribution in [-0.4, -0.2) is 162 Å². The molecule has 0 aliphatic carbocycles. The minimum atomic E-state index is -2.10. The van der Waals surface area contributed by atoms with Crippen molar-refractivity contribution in [3.8, 4) is 0 Å². The van der Waals surface area contributed by atoms with Crippen LogP contribution in [0.5, 0.6) is 0 Å². The fourth-order valence-corrected chi connectivity index (χ4v) is 3.95. The Bertz CT molecular complexity index is 779. The Morgan fingerprint density at radius 1 is 1.03 bits per heavy atom. The van der Waals surface area contributed by atoms with Crippen molar-refractivity contribution >= 4 is 0 Å². The summed E-state index contributed by atoms with van der Waals surface area (Å²) < 4.78 is 25.9. The number of ether oxygens (including phenoxy) is 5. The molecule has 39 heavy (non-hydrogen) atoms. The topological polar surface area (TPSA) is 269 Å². The average molecular weight is 573 g/mol. The molecular weight excluding hydrogens is 532 g/mol. The van der Waals surface area contributed by atoms with E-state index in [1.807, 2.05) is 0 Å². The van der Waals surface area contributed by atoms with E-state index in [4.69, 9.17) is 28.8 Å². The molecule has 16 nitrogen and oxygen atoms in total. The van der Waals surface area contributed by atoms with Crippen LogP contribution in [0.2, 0.25) is 0 Å². The SMILES string of the molecule is C[C@H](O)/C=C(\O)OCC1O[C@H](OCC[C@@H](O)/C=C/[C@H](O)O[C@@H](CO)C2(O)CO[C@H](CO)C2O)C(O)C(O)[C@H]1O. The van der Waals surface area contributed by atoms with Crippen LogP contribution in [0.3, 0.4) is 0 Å². The molecule has 2 aliphatic rings. The first kappa shape index (κ1) is 33.7. The number of aliphatic hydroxyl groups is 11. The predicted molar refractivity (Wildman–Crippen MR) is 126 cm³/mol. The molecule has 2 fully saturated rings. The van der Waals surface area contributed by atoms with Crippen LogP contribution in [0.4, 0.5) is 0 Å². The second-order valence-electron chi connectivity index (χ2n) is 9.35. The summed E-state index contributed by atoms with van der Waals surface area (Å²) in [6.45, 7) is -1.15. The predicted octanol–water partition coefficient (Wildman–Crippen LogP) is -4.91. The fourth-order valence-electron chi connectivity index (χ4n) is 3.95. The Balaban J connectivity index is 1.82. The summed E-state index contributed by atoms with van der Waals surface area (Å²) in [7, 11) is 0. The summed E-state index contributed by atoms with van der Waals surface area (Å²) in [5.41, 5.74) is -2.10. The third-order valence-electron chi connectivity index (χ3n) is 6.24. The van der Waals surface area contributed by atoms with Gasteiger partial charge in [0.2, 0.25) is 0 Å². The number of aliphatic hydroxyl groups excluding tert-OH is 10. The highest BCUT2D eigenvalue weighted by Gasteiger charge is 2.53. The van der Waals surface area contributed by atoms with Gasteiger partial charge in [-0.15, -0.1) is 0 Å². The van der Waals surface area contributed by atoms with Crippen molar-refractivity contribution in [2.45, 2.75) is 86.5 Å². The Labute approximate surface area is 224 Å². The molecule has 0 saturated carbocycles. The van der Waals surface area contributed by atoms with Gasteiger partial charge >= 0.3 is 0 Å². The van der Waals surface area contributed by atoms with E-state index in [9.17, 15) is 51.1 Å². The largest absolute Gasteiger partial charge is 0.481 e. The molecule has 5 unspecified atom stereocenters. The normalized spacial score (nSPS) is 37.1. The van der Waals surface area contributed by atoms with Crippen LogP contribution >= 0.6 is 0 Å². The van der Waals surface area contributed by atoms with E-state index in [-0.39, 0.29) is 13.0 Å². The van der Waals surface area contributed by atoms with Crippen molar-refractivity contribution < 1.29 is 79.9 Å². The molecule has 11 N–H and O–H groups in total. The van der Waals surface area contributed by atoms with E-state index in [0.717, 1.165) is 18.2 Å². The lowest BCUT2D eigenvalue weighted by molar-refractivity contribution is -0.303. The number of rotatable bonds is 15. The molecule has 12 atom stereocenters. The van der Waals surface area contributed by atoms with E-state index in [1.165, 1.54) is 6.92 Å². The molecule has 0 aromatic rings. The van der Waals surface area contributed by atoms with Crippen LogP contribution in [0.1, 0.15) is 13.3 Å². The Morgan fingerprint density at radius 3 is 2.31 bits per heavy atom. The first-order valence-electron chi connectivity index (χ1n) is 12.3. The van der Waals surface area contributed by atoms with Crippen molar-refractivity contribution in [3.05, 3.63) is 24.2 Å². The number of hydrogen-bond acceptors (Lipinski definition) is 16. The zero-order chi connectivity index (χ0) is 29.3. The van der Waals surface area contributed by atoms with Gasteiger partial charge < -0.3 is 79.9 Å². The van der Waals surface area contributed by atoms with Crippen molar-refractivity contribution in [1.82, 2.24) is 0 Å². The van der Waals surface area contributed by atoms with Gasteiger partial charge in [-0.1, -0.05) is 6.08 Å². The molecule has 0 radical (unpaired) electrons. The van der Waals surface area contributed by atoms with Gasteiger partial charge in [0.15, 0.2) is 12.6 Å². The fraction of sp³-hybridized carbons (Fsp3) is 0.826. The zero-order valence-electron chi connectivity index (χ0n) is 21.3. The maximum Gasteiger partial charge on any atom is 0.275 e. The molecular formula is C23H40O16. The van der Waals surface area contributed by atoms with E-state index >= 15 is 0 Å². The molecule has 0 aromatic heterocycles. The van der Waals surface area contributed by atoms with Crippen LogP contribution in [-0.2, 0) is 23.7 Å². The maximum atomic E-state index is 10.6. The van der Waals surface area contributed by atoms with Crippen molar-refractivity contribution in [2.75, 3.05) is 33.0 Å². The van der Waals surface area contributed by atoms with Gasteiger partial charge in [0.1, 0.15) is 54.9 Å². The molecule has 0 spiro atoms. The molecule has 0 amide bonds. The van der Waals surface area contributed by atoms with Crippen molar-refractivity contribution in [3.63, 3.8) is 0 Å². The van der Waals surface area contributed by atoms with Crippen LogP contribution in [0.15, 0.2) is 24.2 Å². The smallest absolute Gasteiger partial charge is 0.275 e. The monoisotopic (exact) mass is 572 g/mol. The van der Waals surface area contributed by atoms with Gasteiger partial charge in [0.25, 0.3) is 5.95 Å². The summed E-state index contributed by atoms with van der Waals surface area (Å²) in [5, 5.41) is 109. The number of hydrogen-bond donors (Lipinski definition) is 11. The zero-order valence-corrected chi connectivity index (χ0v) is 21.3. The van der Waals surface area contributed by atoms with E-state index in [1.54, 1.807) is 0 Å². The quantitative estimate of drug-likeness (QED) is 0.0498. The van der Waals surface area contributed by atoms with Gasteiger partial charge in [-0.05, 0) is 13.0 Å². The van der Waals surface area contributed by atoms with E-state index in [2.05, 4.69) is 0 Å². The Kier molecular flexibility index (Phi) is 13.4.